The van der Waals surface area contributed by atoms with E-state index in [1.807, 2.05) is 0 Å². The lowest BCUT2D eigenvalue weighted by molar-refractivity contribution is -0.115. The van der Waals surface area contributed by atoms with E-state index in [-0.39, 0.29) is 22.8 Å². The zero-order valence-corrected chi connectivity index (χ0v) is 17.5. The summed E-state index contributed by atoms with van der Waals surface area (Å²) in [6.07, 6.45) is 0. The van der Waals surface area contributed by atoms with Crippen molar-refractivity contribution in [2.45, 2.75) is 32.6 Å². The van der Waals surface area contributed by atoms with Crippen LogP contribution in [0.5, 0.6) is 0 Å². The van der Waals surface area contributed by atoms with Crippen LogP contribution in [0.4, 0.5) is 5.69 Å². The summed E-state index contributed by atoms with van der Waals surface area (Å²) < 4.78 is 32.6. The summed E-state index contributed by atoms with van der Waals surface area (Å²) in [4.78, 5) is 27.0. The van der Waals surface area contributed by atoms with Crippen LogP contribution in [-0.4, -0.2) is 38.4 Å². The van der Waals surface area contributed by atoms with E-state index in [1.54, 1.807) is 39.0 Å². The minimum atomic E-state index is -4.14. The van der Waals surface area contributed by atoms with Crippen molar-refractivity contribution < 1.29 is 22.7 Å². The van der Waals surface area contributed by atoms with E-state index >= 15 is 0 Å². The summed E-state index contributed by atoms with van der Waals surface area (Å²) in [5.74, 6) is -1.32. The second kappa shape index (κ2) is 8.76. The van der Waals surface area contributed by atoms with E-state index in [4.69, 9.17) is 16.3 Å². The SMILES string of the molecule is CCOC(=O)c1c(C)[nH]c(C)c1S(=O)(=O)NCC(=O)Nc1cc(Cl)ccc1C. The number of anilines is 1. The van der Waals surface area contributed by atoms with Crippen LogP contribution in [0.25, 0.3) is 0 Å². The van der Waals surface area contributed by atoms with Gasteiger partial charge in [-0.15, -0.1) is 0 Å². The number of benzene rings is 1. The molecule has 0 radical (unpaired) electrons. The van der Waals surface area contributed by atoms with Gasteiger partial charge in [0, 0.05) is 22.1 Å². The minimum Gasteiger partial charge on any atom is -0.462 e. The summed E-state index contributed by atoms with van der Waals surface area (Å²) in [5.41, 5.74) is 1.84. The number of H-pyrrole nitrogens is 1. The van der Waals surface area contributed by atoms with Gasteiger partial charge in [-0.3, -0.25) is 4.79 Å². The summed E-state index contributed by atoms with van der Waals surface area (Å²) in [6.45, 7) is 6.11. The highest BCUT2D eigenvalue weighted by atomic mass is 35.5. The predicted octanol–water partition coefficient (Wildman–Crippen LogP) is 2.69. The fourth-order valence-electron chi connectivity index (χ4n) is 2.70. The normalized spacial score (nSPS) is 11.3. The van der Waals surface area contributed by atoms with Crippen LogP contribution in [0.3, 0.4) is 0 Å². The van der Waals surface area contributed by atoms with Crippen molar-refractivity contribution in [2.24, 2.45) is 0 Å². The third kappa shape index (κ3) is 4.92. The van der Waals surface area contributed by atoms with Crippen molar-refractivity contribution in [3.8, 4) is 0 Å². The number of nitrogens with one attached hydrogen (secondary N) is 3. The number of rotatable bonds is 7. The number of sulfonamides is 1. The first kappa shape index (κ1) is 21.9. The number of ether oxygens (including phenoxy) is 1. The molecule has 0 saturated heterocycles. The highest BCUT2D eigenvalue weighted by molar-refractivity contribution is 7.89. The van der Waals surface area contributed by atoms with Gasteiger partial charge in [0.1, 0.15) is 10.5 Å². The molecule has 0 saturated carbocycles. The third-order valence-corrected chi connectivity index (χ3v) is 5.77. The van der Waals surface area contributed by atoms with Gasteiger partial charge in [-0.1, -0.05) is 17.7 Å². The Balaban J connectivity index is 2.19. The van der Waals surface area contributed by atoms with E-state index < -0.39 is 28.4 Å². The molecule has 0 spiro atoms. The quantitative estimate of drug-likeness (QED) is 0.587. The number of carbonyl (C=O) groups is 2. The number of hydrogen-bond donors (Lipinski definition) is 3. The number of halogens is 1. The van der Waals surface area contributed by atoms with Crippen LogP contribution >= 0.6 is 11.6 Å². The van der Waals surface area contributed by atoms with Gasteiger partial charge in [-0.2, -0.15) is 0 Å². The molecule has 1 heterocycles. The lowest BCUT2D eigenvalue weighted by atomic mass is 10.2. The average Bonchev–Trinajstić information content (AvgIpc) is 2.91. The summed E-state index contributed by atoms with van der Waals surface area (Å²) >= 11 is 5.91. The van der Waals surface area contributed by atoms with Crippen LogP contribution in [0.15, 0.2) is 23.1 Å². The zero-order valence-electron chi connectivity index (χ0n) is 16.0. The van der Waals surface area contributed by atoms with Gasteiger partial charge in [0.25, 0.3) is 0 Å². The van der Waals surface area contributed by atoms with E-state index in [2.05, 4.69) is 15.0 Å². The smallest absolute Gasteiger partial charge is 0.341 e. The molecule has 2 rings (SSSR count). The first-order valence-corrected chi connectivity index (χ1v) is 10.3. The number of hydrogen-bond acceptors (Lipinski definition) is 5. The molecule has 0 aliphatic carbocycles. The van der Waals surface area contributed by atoms with Crippen molar-refractivity contribution in [3.05, 3.63) is 45.7 Å². The van der Waals surface area contributed by atoms with Crippen LogP contribution in [0.2, 0.25) is 5.02 Å². The number of carbonyl (C=O) groups excluding carboxylic acids is 2. The van der Waals surface area contributed by atoms with Gasteiger partial charge >= 0.3 is 5.97 Å². The molecule has 0 atom stereocenters. The molecule has 0 aliphatic rings. The molecular formula is C18H22ClN3O5S. The fourth-order valence-corrected chi connectivity index (χ4v) is 4.30. The summed E-state index contributed by atoms with van der Waals surface area (Å²) in [5, 5.41) is 3.05. The minimum absolute atomic E-state index is 0.0713. The molecule has 0 unspecified atom stereocenters. The maximum absolute atomic E-state index is 12.7. The Morgan fingerprint density at radius 2 is 1.86 bits per heavy atom. The van der Waals surface area contributed by atoms with Crippen LogP contribution < -0.4 is 10.0 Å². The molecule has 10 heteroatoms. The van der Waals surface area contributed by atoms with Gasteiger partial charge in [-0.05, 0) is 45.4 Å². The first-order chi connectivity index (χ1) is 13.1. The molecule has 152 valence electrons. The van der Waals surface area contributed by atoms with E-state index in [0.29, 0.717) is 16.4 Å². The Morgan fingerprint density at radius 1 is 1.18 bits per heavy atom. The highest BCUT2D eigenvalue weighted by Gasteiger charge is 2.30. The summed E-state index contributed by atoms with van der Waals surface area (Å²) in [6, 6.07) is 4.99. The van der Waals surface area contributed by atoms with Crippen molar-refractivity contribution in [2.75, 3.05) is 18.5 Å². The standard InChI is InChI=1S/C18H22ClN3O5S/c1-5-27-18(24)16-11(3)21-12(4)17(16)28(25,26)20-9-15(23)22-14-8-13(19)7-6-10(14)2/h6-8,20-21H,5,9H2,1-4H3,(H,22,23). The maximum atomic E-state index is 12.7. The Labute approximate surface area is 168 Å². The molecule has 0 fully saturated rings. The number of aromatic amines is 1. The van der Waals surface area contributed by atoms with Crippen molar-refractivity contribution >= 4 is 39.2 Å². The third-order valence-electron chi connectivity index (χ3n) is 3.96. The second-order valence-corrected chi connectivity index (χ2v) is 8.27. The first-order valence-electron chi connectivity index (χ1n) is 8.48. The predicted molar refractivity (Wildman–Crippen MR) is 106 cm³/mol. The number of aryl methyl sites for hydroxylation is 3. The van der Waals surface area contributed by atoms with Gasteiger partial charge in [0.2, 0.25) is 15.9 Å². The number of esters is 1. The lowest BCUT2D eigenvalue weighted by Gasteiger charge is -2.11. The van der Waals surface area contributed by atoms with E-state index in [1.165, 1.54) is 6.92 Å². The van der Waals surface area contributed by atoms with E-state index in [0.717, 1.165) is 5.56 Å². The highest BCUT2D eigenvalue weighted by Crippen LogP contribution is 2.24. The maximum Gasteiger partial charge on any atom is 0.341 e. The molecule has 1 aromatic carbocycles. The van der Waals surface area contributed by atoms with Crippen molar-refractivity contribution in [1.82, 2.24) is 9.71 Å². The Hall–Kier alpha value is -2.36. The monoisotopic (exact) mass is 427 g/mol. The van der Waals surface area contributed by atoms with Crippen LogP contribution in [-0.2, 0) is 19.6 Å². The Bertz CT molecular complexity index is 1010. The molecular weight excluding hydrogens is 406 g/mol. The van der Waals surface area contributed by atoms with Gasteiger partial charge < -0.3 is 15.0 Å². The Kier molecular flexibility index (Phi) is 6.87. The van der Waals surface area contributed by atoms with Crippen molar-refractivity contribution in [1.29, 1.82) is 0 Å². The van der Waals surface area contributed by atoms with Gasteiger partial charge in [-0.25, -0.2) is 17.9 Å². The van der Waals surface area contributed by atoms with E-state index in [9.17, 15) is 18.0 Å². The lowest BCUT2D eigenvalue weighted by Crippen LogP contribution is -2.34. The zero-order chi connectivity index (χ0) is 21.1. The fraction of sp³-hybridized carbons (Fsp3) is 0.333. The molecule has 0 aliphatic heterocycles. The molecule has 8 nitrogen and oxygen atoms in total. The second-order valence-electron chi connectivity index (χ2n) is 6.13. The summed E-state index contributed by atoms with van der Waals surface area (Å²) in [7, 11) is -4.14. The van der Waals surface area contributed by atoms with Gasteiger partial charge in [0.05, 0.1) is 13.2 Å². The largest absolute Gasteiger partial charge is 0.462 e. The van der Waals surface area contributed by atoms with Crippen LogP contribution in [0.1, 0.15) is 34.2 Å². The Morgan fingerprint density at radius 3 is 2.50 bits per heavy atom. The molecule has 1 amide bonds. The molecule has 2 aromatic rings. The molecule has 28 heavy (non-hydrogen) atoms. The molecule has 3 N–H and O–H groups in total. The number of amides is 1. The molecule has 1 aromatic heterocycles. The van der Waals surface area contributed by atoms with Crippen LogP contribution in [0, 0.1) is 20.8 Å². The topological polar surface area (TPSA) is 117 Å². The molecule has 0 bridgehead atoms. The number of aromatic nitrogens is 1. The average molecular weight is 428 g/mol. The van der Waals surface area contributed by atoms with Crippen molar-refractivity contribution in [3.63, 3.8) is 0 Å². The van der Waals surface area contributed by atoms with Gasteiger partial charge in [0.15, 0.2) is 0 Å².